The van der Waals surface area contributed by atoms with Gasteiger partial charge in [-0.3, -0.25) is 4.79 Å². The molecule has 1 unspecified atom stereocenters. The molecule has 0 spiro atoms. The fourth-order valence-electron chi connectivity index (χ4n) is 2.96. The van der Waals surface area contributed by atoms with Gasteiger partial charge in [0.05, 0.1) is 11.1 Å². The average molecular weight is 423 g/mol. The molecule has 150 valence electrons. The first-order valence-electron chi connectivity index (χ1n) is 9.20. The van der Waals surface area contributed by atoms with E-state index in [1.165, 1.54) is 18.2 Å². The van der Waals surface area contributed by atoms with Crippen molar-refractivity contribution in [2.45, 2.75) is 37.2 Å². The highest BCUT2D eigenvalue weighted by Gasteiger charge is 2.23. The van der Waals surface area contributed by atoms with Crippen LogP contribution in [0.3, 0.4) is 0 Å². The summed E-state index contributed by atoms with van der Waals surface area (Å²) in [5.41, 5.74) is 2.01. The van der Waals surface area contributed by atoms with Gasteiger partial charge in [0.1, 0.15) is 4.90 Å². The molecule has 3 rings (SSSR count). The molecule has 0 aromatic heterocycles. The number of carbonyl (C=O) groups excluding carboxylic acids is 1. The van der Waals surface area contributed by atoms with Crippen molar-refractivity contribution >= 4 is 33.2 Å². The van der Waals surface area contributed by atoms with Crippen LogP contribution < -0.4 is 10.0 Å². The maximum absolute atomic E-state index is 12.6. The third-order valence-corrected chi connectivity index (χ3v) is 6.53. The molecular formula is C20H23ClN2O4S. The summed E-state index contributed by atoms with van der Waals surface area (Å²) in [6.07, 6.45) is 2.51. The monoisotopic (exact) mass is 422 g/mol. The van der Waals surface area contributed by atoms with Crippen molar-refractivity contribution in [3.8, 4) is 0 Å². The molecule has 1 fully saturated rings. The number of halogens is 1. The zero-order chi connectivity index (χ0) is 20.1. The van der Waals surface area contributed by atoms with Gasteiger partial charge in [0.15, 0.2) is 0 Å². The minimum atomic E-state index is -3.86. The van der Waals surface area contributed by atoms with E-state index in [1.807, 2.05) is 24.3 Å². The molecule has 0 radical (unpaired) electrons. The first kappa shape index (κ1) is 20.8. The number of carbonyl (C=O) groups is 1. The Morgan fingerprint density at radius 1 is 1.21 bits per heavy atom. The molecule has 28 heavy (non-hydrogen) atoms. The average Bonchev–Trinajstić information content (AvgIpc) is 3.21. The Bertz CT molecular complexity index is 939. The lowest BCUT2D eigenvalue weighted by atomic mass is 10.1. The first-order chi connectivity index (χ1) is 13.4. The van der Waals surface area contributed by atoms with E-state index in [9.17, 15) is 13.2 Å². The van der Waals surface area contributed by atoms with E-state index in [0.717, 1.165) is 24.8 Å². The van der Waals surface area contributed by atoms with Crippen LogP contribution in [0, 0.1) is 0 Å². The molecule has 8 heteroatoms. The van der Waals surface area contributed by atoms with Crippen LogP contribution in [-0.4, -0.2) is 33.6 Å². The van der Waals surface area contributed by atoms with Crippen LogP contribution in [0.1, 0.15) is 35.7 Å². The van der Waals surface area contributed by atoms with Gasteiger partial charge in [-0.2, -0.15) is 0 Å². The molecule has 1 heterocycles. The molecule has 0 aliphatic carbocycles. The highest BCUT2D eigenvalue weighted by molar-refractivity contribution is 7.89. The van der Waals surface area contributed by atoms with Gasteiger partial charge in [0.25, 0.3) is 5.91 Å². The highest BCUT2D eigenvalue weighted by Crippen LogP contribution is 2.24. The van der Waals surface area contributed by atoms with Crippen molar-refractivity contribution in [3.63, 3.8) is 0 Å². The quantitative estimate of drug-likeness (QED) is 0.713. The molecule has 2 aromatic rings. The lowest BCUT2D eigenvalue weighted by Gasteiger charge is -2.13. The van der Waals surface area contributed by atoms with Crippen molar-refractivity contribution in [2.75, 3.05) is 18.5 Å². The Morgan fingerprint density at radius 3 is 2.61 bits per heavy atom. The molecular weight excluding hydrogens is 400 g/mol. The van der Waals surface area contributed by atoms with E-state index in [1.54, 1.807) is 0 Å². The molecule has 6 nitrogen and oxygen atoms in total. The number of hydrogen-bond acceptors (Lipinski definition) is 4. The lowest BCUT2D eigenvalue weighted by Crippen LogP contribution is -2.32. The van der Waals surface area contributed by atoms with Crippen molar-refractivity contribution in [3.05, 3.63) is 58.6 Å². The molecule has 2 N–H and O–H groups in total. The number of ether oxygens (including phenoxy) is 1. The molecule has 0 bridgehead atoms. The Hall–Kier alpha value is -1.93. The lowest BCUT2D eigenvalue weighted by molar-refractivity contribution is 0.102. The fourth-order valence-corrected chi connectivity index (χ4v) is 4.55. The fraction of sp³-hybridized carbons (Fsp3) is 0.350. The normalized spacial score (nSPS) is 16.9. The van der Waals surface area contributed by atoms with Crippen LogP contribution in [0.4, 0.5) is 5.69 Å². The summed E-state index contributed by atoms with van der Waals surface area (Å²) in [7, 11) is -3.86. The molecule has 2 aromatic carbocycles. The maximum Gasteiger partial charge on any atom is 0.255 e. The summed E-state index contributed by atoms with van der Waals surface area (Å²) < 4.78 is 33.2. The number of benzene rings is 2. The summed E-state index contributed by atoms with van der Waals surface area (Å²) in [6, 6.07) is 11.7. The van der Waals surface area contributed by atoms with E-state index < -0.39 is 15.9 Å². The highest BCUT2D eigenvalue weighted by atomic mass is 35.5. The largest absolute Gasteiger partial charge is 0.377 e. The maximum atomic E-state index is 12.6. The molecule has 1 amide bonds. The van der Waals surface area contributed by atoms with Crippen LogP contribution >= 0.6 is 11.6 Å². The Kier molecular flexibility index (Phi) is 6.72. The molecule has 1 aliphatic heterocycles. The van der Waals surface area contributed by atoms with Gasteiger partial charge in [0.2, 0.25) is 10.0 Å². The SMILES string of the molecule is CCc1ccc(NC(=O)c2ccc(Cl)c(S(=O)(=O)NCC3CCCO3)c2)cc1. The van der Waals surface area contributed by atoms with Crippen LogP contribution in [0.15, 0.2) is 47.4 Å². The van der Waals surface area contributed by atoms with Crippen molar-refractivity contribution in [1.29, 1.82) is 0 Å². The minimum absolute atomic E-state index is 0.0590. The predicted octanol–water partition coefficient (Wildman–Crippen LogP) is 3.61. The molecule has 1 aliphatic rings. The Labute approximate surface area is 170 Å². The number of anilines is 1. The first-order valence-corrected chi connectivity index (χ1v) is 11.1. The van der Waals surface area contributed by atoms with Gasteiger partial charge in [-0.15, -0.1) is 0 Å². The summed E-state index contributed by atoms with van der Waals surface area (Å²) in [5.74, 6) is -0.406. The summed E-state index contributed by atoms with van der Waals surface area (Å²) in [5, 5.41) is 2.83. The number of aryl methyl sites for hydroxylation is 1. The predicted molar refractivity (Wildman–Crippen MR) is 109 cm³/mol. The number of hydrogen-bond donors (Lipinski definition) is 2. The van der Waals surface area contributed by atoms with Crippen LogP contribution in [0.2, 0.25) is 5.02 Å². The van der Waals surface area contributed by atoms with Crippen molar-refractivity contribution < 1.29 is 17.9 Å². The summed E-state index contributed by atoms with van der Waals surface area (Å²) >= 11 is 6.09. The van der Waals surface area contributed by atoms with Crippen LogP contribution in [0.25, 0.3) is 0 Å². The Balaban J connectivity index is 1.74. The number of sulfonamides is 1. The second-order valence-corrected chi connectivity index (χ2v) is 8.78. The topological polar surface area (TPSA) is 84.5 Å². The third-order valence-electron chi connectivity index (χ3n) is 4.63. The number of amides is 1. The van der Waals surface area contributed by atoms with Gasteiger partial charge in [-0.05, 0) is 55.2 Å². The van der Waals surface area contributed by atoms with E-state index in [2.05, 4.69) is 17.0 Å². The van der Waals surface area contributed by atoms with Gasteiger partial charge in [-0.1, -0.05) is 30.7 Å². The van der Waals surface area contributed by atoms with Crippen molar-refractivity contribution in [2.24, 2.45) is 0 Å². The zero-order valence-electron chi connectivity index (χ0n) is 15.6. The Morgan fingerprint density at radius 2 is 1.96 bits per heavy atom. The van der Waals surface area contributed by atoms with Gasteiger partial charge in [-0.25, -0.2) is 13.1 Å². The van der Waals surface area contributed by atoms with E-state index in [4.69, 9.17) is 16.3 Å². The zero-order valence-corrected chi connectivity index (χ0v) is 17.1. The van der Waals surface area contributed by atoms with Gasteiger partial charge < -0.3 is 10.1 Å². The number of nitrogens with one attached hydrogen (secondary N) is 2. The molecule has 0 saturated carbocycles. The molecule has 1 saturated heterocycles. The van der Waals surface area contributed by atoms with E-state index >= 15 is 0 Å². The second kappa shape index (κ2) is 9.05. The summed E-state index contributed by atoms with van der Waals surface area (Å²) in [4.78, 5) is 12.4. The third kappa shape index (κ3) is 5.11. The van der Waals surface area contributed by atoms with E-state index in [-0.39, 0.29) is 28.1 Å². The minimum Gasteiger partial charge on any atom is -0.377 e. The second-order valence-electron chi connectivity index (χ2n) is 6.64. The standard InChI is InChI=1S/C20H23ClN2O4S/c1-2-14-5-8-16(9-6-14)23-20(24)15-7-10-18(21)19(12-15)28(25,26)22-13-17-4-3-11-27-17/h5-10,12,17,22H,2-4,11,13H2,1H3,(H,23,24). The van der Waals surface area contributed by atoms with Crippen LogP contribution in [-0.2, 0) is 21.2 Å². The van der Waals surface area contributed by atoms with Gasteiger partial charge >= 0.3 is 0 Å². The van der Waals surface area contributed by atoms with Gasteiger partial charge in [0, 0.05) is 24.4 Å². The molecule has 1 atom stereocenters. The van der Waals surface area contributed by atoms with Crippen molar-refractivity contribution in [1.82, 2.24) is 4.72 Å². The van der Waals surface area contributed by atoms with E-state index in [0.29, 0.717) is 12.3 Å². The summed E-state index contributed by atoms with van der Waals surface area (Å²) in [6.45, 7) is 2.87. The smallest absolute Gasteiger partial charge is 0.255 e. The number of rotatable bonds is 7. The van der Waals surface area contributed by atoms with Crippen LogP contribution in [0.5, 0.6) is 0 Å².